The van der Waals surface area contributed by atoms with Crippen LogP contribution >= 0.6 is 0 Å². The van der Waals surface area contributed by atoms with E-state index in [1.807, 2.05) is 18.7 Å². The van der Waals surface area contributed by atoms with Gasteiger partial charge in [0.15, 0.2) is 0 Å². The van der Waals surface area contributed by atoms with Crippen LogP contribution in [0.3, 0.4) is 0 Å². The summed E-state index contributed by atoms with van der Waals surface area (Å²) in [5, 5.41) is 9.07. The van der Waals surface area contributed by atoms with Crippen LogP contribution in [0.5, 0.6) is 0 Å². The van der Waals surface area contributed by atoms with Gasteiger partial charge < -0.3 is 14.9 Å². The molecule has 1 aliphatic rings. The molecule has 0 saturated carbocycles. The van der Waals surface area contributed by atoms with Crippen LogP contribution in [0.2, 0.25) is 0 Å². The van der Waals surface area contributed by atoms with Gasteiger partial charge >= 0.3 is 0 Å². The molecule has 4 heteroatoms. The van der Waals surface area contributed by atoms with Gasteiger partial charge in [-0.3, -0.25) is 4.79 Å². The second-order valence-corrected chi connectivity index (χ2v) is 5.14. The van der Waals surface area contributed by atoms with Gasteiger partial charge in [-0.1, -0.05) is 0 Å². The van der Waals surface area contributed by atoms with Gasteiger partial charge in [-0.15, -0.1) is 0 Å². The van der Waals surface area contributed by atoms with E-state index in [0.29, 0.717) is 18.9 Å². The lowest BCUT2D eigenvalue weighted by Gasteiger charge is -2.31. The summed E-state index contributed by atoms with van der Waals surface area (Å²) in [5.41, 5.74) is 0. The van der Waals surface area contributed by atoms with Crippen LogP contribution in [0, 0.1) is 5.92 Å². The number of hydrogen-bond acceptors (Lipinski definition) is 3. The van der Waals surface area contributed by atoms with Crippen LogP contribution in [-0.2, 0) is 4.79 Å². The lowest BCUT2D eigenvalue weighted by Crippen LogP contribution is -2.36. The van der Waals surface area contributed by atoms with E-state index in [9.17, 15) is 4.79 Å². The van der Waals surface area contributed by atoms with Crippen molar-refractivity contribution in [2.45, 2.75) is 39.5 Å². The van der Waals surface area contributed by atoms with Gasteiger partial charge in [-0.25, -0.2) is 0 Å². The smallest absolute Gasteiger partial charge is 0.222 e. The van der Waals surface area contributed by atoms with Crippen LogP contribution in [0.25, 0.3) is 0 Å². The van der Waals surface area contributed by atoms with Gasteiger partial charge in [0.05, 0.1) is 0 Å². The minimum Gasteiger partial charge on any atom is -0.396 e. The third-order valence-electron chi connectivity index (χ3n) is 3.95. The number of aliphatic hydroxyl groups is 1. The Morgan fingerprint density at radius 3 is 2.39 bits per heavy atom. The van der Waals surface area contributed by atoms with Crippen molar-refractivity contribution in [2.75, 3.05) is 39.3 Å². The Labute approximate surface area is 111 Å². The van der Waals surface area contributed by atoms with E-state index in [0.717, 1.165) is 52.0 Å². The van der Waals surface area contributed by atoms with Gasteiger partial charge in [-0.2, -0.15) is 0 Å². The summed E-state index contributed by atoms with van der Waals surface area (Å²) in [5.74, 6) is 0.781. The average Bonchev–Trinajstić information content (AvgIpc) is 2.41. The molecule has 0 spiro atoms. The highest BCUT2D eigenvalue weighted by Gasteiger charge is 2.18. The topological polar surface area (TPSA) is 43.8 Å². The molecule has 1 rings (SSSR count). The average molecular weight is 256 g/mol. The van der Waals surface area contributed by atoms with Gasteiger partial charge in [0.25, 0.3) is 0 Å². The van der Waals surface area contributed by atoms with E-state index in [1.165, 1.54) is 0 Å². The highest BCUT2D eigenvalue weighted by atomic mass is 16.3. The standard InChI is InChI=1S/C14H28N2O2/c1-3-16(4-2)14(18)6-5-9-15-10-7-13(12-17)8-11-15/h13,17H,3-12H2,1-2H3. The first-order valence-corrected chi connectivity index (χ1v) is 7.32. The molecule has 1 fully saturated rings. The number of hydrogen-bond donors (Lipinski definition) is 1. The van der Waals surface area contributed by atoms with Crippen molar-refractivity contribution in [1.29, 1.82) is 0 Å². The Kier molecular flexibility index (Phi) is 7.28. The van der Waals surface area contributed by atoms with Gasteiger partial charge in [0, 0.05) is 26.1 Å². The molecule has 1 N–H and O–H groups in total. The zero-order chi connectivity index (χ0) is 13.4. The van der Waals surface area contributed by atoms with E-state index in [2.05, 4.69) is 4.90 Å². The molecule has 18 heavy (non-hydrogen) atoms. The van der Waals surface area contributed by atoms with E-state index in [4.69, 9.17) is 5.11 Å². The maximum atomic E-state index is 11.8. The van der Waals surface area contributed by atoms with E-state index in [1.54, 1.807) is 0 Å². The Bertz CT molecular complexity index is 234. The molecular weight excluding hydrogens is 228 g/mol. The summed E-state index contributed by atoms with van der Waals surface area (Å²) in [6.07, 6.45) is 3.82. The molecule has 0 radical (unpaired) electrons. The predicted octanol–water partition coefficient (Wildman–Crippen LogP) is 1.34. The van der Waals surface area contributed by atoms with Crippen molar-refractivity contribution in [3.8, 4) is 0 Å². The van der Waals surface area contributed by atoms with Crippen LogP contribution < -0.4 is 0 Å². The molecule has 0 atom stereocenters. The number of piperidine rings is 1. The monoisotopic (exact) mass is 256 g/mol. The van der Waals surface area contributed by atoms with E-state index < -0.39 is 0 Å². The number of amides is 1. The first-order valence-electron chi connectivity index (χ1n) is 7.32. The van der Waals surface area contributed by atoms with Crippen LogP contribution in [0.15, 0.2) is 0 Å². The fraction of sp³-hybridized carbons (Fsp3) is 0.929. The number of carbonyl (C=O) groups excluding carboxylic acids is 1. The molecular formula is C14H28N2O2. The second-order valence-electron chi connectivity index (χ2n) is 5.14. The van der Waals surface area contributed by atoms with Crippen molar-refractivity contribution in [1.82, 2.24) is 9.80 Å². The highest BCUT2D eigenvalue weighted by Crippen LogP contribution is 2.16. The molecule has 1 amide bonds. The number of rotatable bonds is 7. The summed E-state index contributed by atoms with van der Waals surface area (Å²) in [7, 11) is 0. The number of carbonyl (C=O) groups is 1. The van der Waals surface area contributed by atoms with E-state index >= 15 is 0 Å². The second kappa shape index (κ2) is 8.48. The third kappa shape index (κ3) is 4.94. The lowest BCUT2D eigenvalue weighted by atomic mass is 9.98. The summed E-state index contributed by atoms with van der Waals surface area (Å²) in [4.78, 5) is 16.1. The molecule has 0 aromatic carbocycles. The zero-order valence-corrected chi connectivity index (χ0v) is 11.9. The molecule has 0 unspecified atom stereocenters. The quantitative estimate of drug-likeness (QED) is 0.747. The van der Waals surface area contributed by atoms with Crippen LogP contribution in [-0.4, -0.2) is 60.1 Å². The predicted molar refractivity (Wildman–Crippen MR) is 73.4 cm³/mol. The Hall–Kier alpha value is -0.610. The van der Waals surface area contributed by atoms with Crippen LogP contribution in [0.4, 0.5) is 0 Å². The lowest BCUT2D eigenvalue weighted by molar-refractivity contribution is -0.131. The zero-order valence-electron chi connectivity index (χ0n) is 11.9. The van der Waals surface area contributed by atoms with Gasteiger partial charge in [-0.05, 0) is 58.7 Å². The van der Waals surface area contributed by atoms with Crippen molar-refractivity contribution < 1.29 is 9.90 Å². The molecule has 106 valence electrons. The SMILES string of the molecule is CCN(CC)C(=O)CCCN1CCC(CO)CC1. The fourth-order valence-electron chi connectivity index (χ4n) is 2.58. The largest absolute Gasteiger partial charge is 0.396 e. The molecule has 1 saturated heterocycles. The Morgan fingerprint density at radius 2 is 1.89 bits per heavy atom. The molecule has 4 nitrogen and oxygen atoms in total. The van der Waals surface area contributed by atoms with Crippen molar-refractivity contribution >= 4 is 5.91 Å². The molecule has 1 heterocycles. The minimum absolute atomic E-state index is 0.283. The van der Waals surface area contributed by atoms with Gasteiger partial charge in [0.2, 0.25) is 5.91 Å². The van der Waals surface area contributed by atoms with Crippen molar-refractivity contribution in [3.63, 3.8) is 0 Å². The molecule has 0 aromatic rings. The number of aliphatic hydroxyl groups excluding tert-OH is 1. The maximum absolute atomic E-state index is 11.8. The normalized spacial score (nSPS) is 17.9. The molecule has 0 bridgehead atoms. The van der Waals surface area contributed by atoms with Crippen LogP contribution in [0.1, 0.15) is 39.5 Å². The first kappa shape index (κ1) is 15.4. The van der Waals surface area contributed by atoms with Crippen molar-refractivity contribution in [3.05, 3.63) is 0 Å². The summed E-state index contributed by atoms with van der Waals surface area (Å²) in [6.45, 7) is 9.19. The Morgan fingerprint density at radius 1 is 1.28 bits per heavy atom. The summed E-state index contributed by atoms with van der Waals surface area (Å²) < 4.78 is 0. The molecule has 1 aliphatic heterocycles. The highest BCUT2D eigenvalue weighted by molar-refractivity contribution is 5.76. The summed E-state index contributed by atoms with van der Waals surface area (Å²) >= 11 is 0. The third-order valence-corrected chi connectivity index (χ3v) is 3.95. The fourth-order valence-corrected chi connectivity index (χ4v) is 2.58. The Balaban J connectivity index is 2.13. The first-order chi connectivity index (χ1) is 8.71. The summed E-state index contributed by atoms with van der Waals surface area (Å²) in [6, 6.07) is 0. The maximum Gasteiger partial charge on any atom is 0.222 e. The minimum atomic E-state index is 0.283. The van der Waals surface area contributed by atoms with Crippen molar-refractivity contribution in [2.24, 2.45) is 5.92 Å². The number of likely N-dealkylation sites (tertiary alicyclic amines) is 1. The number of nitrogens with zero attached hydrogens (tertiary/aromatic N) is 2. The molecule has 0 aliphatic carbocycles. The van der Waals surface area contributed by atoms with E-state index in [-0.39, 0.29) is 5.91 Å². The molecule has 0 aromatic heterocycles. The van der Waals surface area contributed by atoms with Gasteiger partial charge in [0.1, 0.15) is 0 Å².